The van der Waals surface area contributed by atoms with Gasteiger partial charge in [-0.15, -0.1) is 0 Å². The maximum Gasteiger partial charge on any atom is 0.118 e. The minimum Gasteiger partial charge on any atom is -0.497 e. The van der Waals surface area contributed by atoms with Crippen LogP contribution in [0.15, 0.2) is 24.3 Å². The smallest absolute Gasteiger partial charge is 0.118 e. The van der Waals surface area contributed by atoms with Crippen LogP contribution in [0.1, 0.15) is 44.2 Å². The lowest BCUT2D eigenvalue weighted by molar-refractivity contribution is 0.158. The van der Waals surface area contributed by atoms with Crippen molar-refractivity contribution in [2.45, 2.75) is 44.8 Å². The van der Waals surface area contributed by atoms with Crippen LogP contribution in [0.4, 0.5) is 0 Å². The number of hydrogen-bond acceptors (Lipinski definition) is 3. The molecule has 1 aromatic rings. The molecule has 0 spiro atoms. The third-order valence-electron chi connectivity index (χ3n) is 3.88. The minimum atomic E-state index is -0.178. The summed E-state index contributed by atoms with van der Waals surface area (Å²) in [6, 6.07) is 8.76. The monoisotopic (exact) mass is 263 g/mol. The van der Waals surface area contributed by atoms with Crippen LogP contribution in [0.25, 0.3) is 0 Å². The Hall–Kier alpha value is -1.06. The highest BCUT2D eigenvalue weighted by molar-refractivity contribution is 5.30. The first-order valence-electron chi connectivity index (χ1n) is 7.30. The molecule has 2 unspecified atom stereocenters. The highest BCUT2D eigenvalue weighted by Crippen LogP contribution is 2.41. The van der Waals surface area contributed by atoms with Crippen molar-refractivity contribution in [1.82, 2.24) is 5.32 Å². The molecule has 2 rings (SSSR count). The number of benzene rings is 1. The summed E-state index contributed by atoms with van der Waals surface area (Å²) in [6.45, 7) is 2.90. The molecule has 2 atom stereocenters. The Morgan fingerprint density at radius 2 is 2.00 bits per heavy atom. The fraction of sp³-hybridized carbons (Fsp3) is 0.625. The molecule has 1 fully saturated rings. The quantitative estimate of drug-likeness (QED) is 0.758. The Labute approximate surface area is 116 Å². The van der Waals surface area contributed by atoms with Crippen LogP contribution in [0, 0.1) is 5.92 Å². The van der Waals surface area contributed by atoms with Gasteiger partial charge in [0.15, 0.2) is 0 Å². The van der Waals surface area contributed by atoms with E-state index < -0.39 is 0 Å². The first-order chi connectivity index (χ1) is 9.24. The fourth-order valence-electron chi connectivity index (χ4n) is 2.41. The van der Waals surface area contributed by atoms with E-state index >= 15 is 0 Å². The van der Waals surface area contributed by atoms with Crippen LogP contribution in [0.5, 0.6) is 5.75 Å². The molecule has 1 aliphatic rings. The zero-order chi connectivity index (χ0) is 13.7. The largest absolute Gasteiger partial charge is 0.497 e. The maximum absolute atomic E-state index is 9.61. The van der Waals surface area contributed by atoms with E-state index in [0.29, 0.717) is 6.04 Å². The van der Waals surface area contributed by atoms with Crippen molar-refractivity contribution in [2.75, 3.05) is 13.7 Å². The van der Waals surface area contributed by atoms with Gasteiger partial charge in [-0.3, -0.25) is 0 Å². The SMILES string of the molecule is CCC(O)CCNC(c1ccc(OC)cc1)C1CC1. The topological polar surface area (TPSA) is 41.5 Å². The van der Waals surface area contributed by atoms with E-state index in [0.717, 1.165) is 31.1 Å². The van der Waals surface area contributed by atoms with E-state index in [9.17, 15) is 5.11 Å². The second-order valence-corrected chi connectivity index (χ2v) is 5.39. The molecule has 0 heterocycles. The predicted octanol–water partition coefficient (Wildman–Crippen LogP) is 2.90. The first-order valence-corrected chi connectivity index (χ1v) is 7.30. The lowest BCUT2D eigenvalue weighted by Crippen LogP contribution is -2.26. The Morgan fingerprint density at radius 3 is 2.53 bits per heavy atom. The van der Waals surface area contributed by atoms with Gasteiger partial charge in [0.2, 0.25) is 0 Å². The molecule has 3 heteroatoms. The van der Waals surface area contributed by atoms with E-state index in [2.05, 4.69) is 17.4 Å². The van der Waals surface area contributed by atoms with Gasteiger partial charge in [0.05, 0.1) is 13.2 Å². The van der Waals surface area contributed by atoms with Crippen LogP contribution in [-0.2, 0) is 0 Å². The molecule has 19 heavy (non-hydrogen) atoms. The fourth-order valence-corrected chi connectivity index (χ4v) is 2.41. The second kappa shape index (κ2) is 6.92. The van der Waals surface area contributed by atoms with Crippen molar-refractivity contribution in [3.05, 3.63) is 29.8 Å². The van der Waals surface area contributed by atoms with Crippen molar-refractivity contribution < 1.29 is 9.84 Å². The summed E-state index contributed by atoms with van der Waals surface area (Å²) in [6.07, 6.45) is 4.09. The Bertz CT molecular complexity index is 373. The van der Waals surface area contributed by atoms with Crippen LogP contribution < -0.4 is 10.1 Å². The molecule has 1 aliphatic carbocycles. The van der Waals surface area contributed by atoms with Gasteiger partial charge in [-0.1, -0.05) is 19.1 Å². The Morgan fingerprint density at radius 1 is 1.32 bits per heavy atom. The third-order valence-corrected chi connectivity index (χ3v) is 3.88. The molecule has 106 valence electrons. The van der Waals surface area contributed by atoms with Crippen molar-refractivity contribution in [2.24, 2.45) is 5.92 Å². The highest BCUT2D eigenvalue weighted by Gasteiger charge is 2.31. The summed E-state index contributed by atoms with van der Waals surface area (Å²) in [5.41, 5.74) is 1.33. The maximum atomic E-state index is 9.61. The Kier molecular flexibility index (Phi) is 5.23. The van der Waals surface area contributed by atoms with Gasteiger partial charge >= 0.3 is 0 Å². The van der Waals surface area contributed by atoms with Gasteiger partial charge in [-0.05, 0) is 55.8 Å². The summed E-state index contributed by atoms with van der Waals surface area (Å²) in [4.78, 5) is 0. The molecular formula is C16H25NO2. The van der Waals surface area contributed by atoms with Crippen molar-refractivity contribution in [1.29, 1.82) is 0 Å². The molecule has 1 aromatic carbocycles. The predicted molar refractivity (Wildman–Crippen MR) is 77.4 cm³/mol. The first kappa shape index (κ1) is 14.4. The molecule has 0 aliphatic heterocycles. The molecule has 1 saturated carbocycles. The van der Waals surface area contributed by atoms with Gasteiger partial charge in [-0.2, -0.15) is 0 Å². The van der Waals surface area contributed by atoms with Gasteiger partial charge < -0.3 is 15.2 Å². The number of aliphatic hydroxyl groups excluding tert-OH is 1. The number of rotatable bonds is 8. The lowest BCUT2D eigenvalue weighted by Gasteiger charge is -2.20. The molecule has 0 amide bonds. The molecule has 0 bridgehead atoms. The standard InChI is InChI=1S/C16H25NO2/c1-3-14(18)10-11-17-16(12-4-5-12)13-6-8-15(19-2)9-7-13/h6-9,12,14,16-18H,3-5,10-11H2,1-2H3. The summed E-state index contributed by atoms with van der Waals surface area (Å²) < 4.78 is 5.20. The van der Waals surface area contributed by atoms with Crippen LogP contribution in [-0.4, -0.2) is 24.9 Å². The van der Waals surface area contributed by atoms with Gasteiger partial charge in [0.1, 0.15) is 5.75 Å². The molecular weight excluding hydrogens is 238 g/mol. The van der Waals surface area contributed by atoms with Crippen LogP contribution in [0.2, 0.25) is 0 Å². The van der Waals surface area contributed by atoms with Crippen molar-refractivity contribution in [3.8, 4) is 5.75 Å². The number of aliphatic hydroxyl groups is 1. The van der Waals surface area contributed by atoms with Crippen molar-refractivity contribution in [3.63, 3.8) is 0 Å². The summed E-state index contributed by atoms with van der Waals surface area (Å²) in [5, 5.41) is 13.2. The summed E-state index contributed by atoms with van der Waals surface area (Å²) >= 11 is 0. The van der Waals surface area contributed by atoms with E-state index in [-0.39, 0.29) is 6.10 Å². The highest BCUT2D eigenvalue weighted by atomic mass is 16.5. The average Bonchev–Trinajstić information content (AvgIpc) is 3.28. The Balaban J connectivity index is 1.91. The number of nitrogens with one attached hydrogen (secondary N) is 1. The third kappa shape index (κ3) is 4.22. The zero-order valence-electron chi connectivity index (χ0n) is 11.9. The molecule has 0 saturated heterocycles. The van der Waals surface area contributed by atoms with E-state index in [1.807, 2.05) is 19.1 Å². The summed E-state index contributed by atoms with van der Waals surface area (Å²) in [7, 11) is 1.69. The van der Waals surface area contributed by atoms with E-state index in [4.69, 9.17) is 4.74 Å². The molecule has 2 N–H and O–H groups in total. The van der Waals surface area contributed by atoms with Crippen LogP contribution in [0.3, 0.4) is 0 Å². The molecule has 3 nitrogen and oxygen atoms in total. The second-order valence-electron chi connectivity index (χ2n) is 5.39. The van der Waals surface area contributed by atoms with Gasteiger partial charge in [0.25, 0.3) is 0 Å². The number of ether oxygens (including phenoxy) is 1. The van der Waals surface area contributed by atoms with Gasteiger partial charge in [-0.25, -0.2) is 0 Å². The van der Waals surface area contributed by atoms with Crippen molar-refractivity contribution >= 4 is 0 Å². The zero-order valence-corrected chi connectivity index (χ0v) is 11.9. The van der Waals surface area contributed by atoms with Gasteiger partial charge in [0, 0.05) is 6.04 Å². The summed E-state index contributed by atoms with van der Waals surface area (Å²) in [5.74, 6) is 1.66. The minimum absolute atomic E-state index is 0.178. The van der Waals surface area contributed by atoms with Crippen LogP contribution >= 0.6 is 0 Å². The lowest BCUT2D eigenvalue weighted by atomic mass is 10.0. The van der Waals surface area contributed by atoms with E-state index in [1.54, 1.807) is 7.11 Å². The molecule has 0 radical (unpaired) electrons. The average molecular weight is 263 g/mol. The molecule has 0 aromatic heterocycles. The van der Waals surface area contributed by atoms with E-state index in [1.165, 1.54) is 18.4 Å². The number of hydrogen-bond donors (Lipinski definition) is 2. The normalized spacial score (nSPS) is 18.1. The number of methoxy groups -OCH3 is 1.